The zero-order valence-corrected chi connectivity index (χ0v) is 13.2. The molecule has 1 aromatic rings. The minimum Gasteiger partial charge on any atom is -0.383 e. The highest BCUT2D eigenvalue weighted by Gasteiger charge is 2.22. The molecule has 0 saturated heterocycles. The van der Waals surface area contributed by atoms with E-state index in [-0.39, 0.29) is 0 Å². The summed E-state index contributed by atoms with van der Waals surface area (Å²) in [5.41, 5.74) is 2.82. The molecular weight excluding hydrogens is 264 g/mol. The number of guanidine groups is 1. The van der Waals surface area contributed by atoms with E-state index in [1.165, 1.54) is 11.3 Å². The van der Waals surface area contributed by atoms with Gasteiger partial charge in [0.05, 0.1) is 6.61 Å². The molecule has 21 heavy (non-hydrogen) atoms. The highest BCUT2D eigenvalue weighted by atomic mass is 16.5. The molecular formula is C16H26N4O. The molecule has 0 bridgehead atoms. The van der Waals surface area contributed by atoms with Crippen LogP contribution in [0.2, 0.25) is 0 Å². The Morgan fingerprint density at radius 3 is 2.95 bits per heavy atom. The van der Waals surface area contributed by atoms with Crippen molar-refractivity contribution in [2.75, 3.05) is 45.3 Å². The van der Waals surface area contributed by atoms with Crippen molar-refractivity contribution in [3.63, 3.8) is 0 Å². The first-order valence-corrected chi connectivity index (χ1v) is 7.54. The number of anilines is 1. The van der Waals surface area contributed by atoms with Gasteiger partial charge in [0.1, 0.15) is 0 Å². The first kappa shape index (κ1) is 15.6. The molecule has 5 nitrogen and oxygen atoms in total. The monoisotopic (exact) mass is 290 g/mol. The van der Waals surface area contributed by atoms with Gasteiger partial charge in [-0.05, 0) is 25.0 Å². The SMILES string of the molecule is CN=C(NCCOC)NCC(C)N1CCc2ccccc21. The van der Waals surface area contributed by atoms with Crippen LogP contribution in [0.4, 0.5) is 5.69 Å². The summed E-state index contributed by atoms with van der Waals surface area (Å²) in [6.45, 7) is 5.64. The highest BCUT2D eigenvalue weighted by molar-refractivity contribution is 5.79. The molecule has 1 aromatic carbocycles. The van der Waals surface area contributed by atoms with Crippen molar-refractivity contribution in [2.45, 2.75) is 19.4 Å². The van der Waals surface area contributed by atoms with Crippen LogP contribution in [0.25, 0.3) is 0 Å². The summed E-state index contributed by atoms with van der Waals surface area (Å²) >= 11 is 0. The third-order valence-electron chi connectivity index (χ3n) is 3.84. The van der Waals surface area contributed by atoms with Gasteiger partial charge in [-0.15, -0.1) is 0 Å². The minimum absolute atomic E-state index is 0.426. The van der Waals surface area contributed by atoms with Crippen LogP contribution in [-0.2, 0) is 11.2 Å². The van der Waals surface area contributed by atoms with Gasteiger partial charge >= 0.3 is 0 Å². The van der Waals surface area contributed by atoms with Gasteiger partial charge in [-0.25, -0.2) is 0 Å². The average Bonchev–Trinajstić information content (AvgIpc) is 2.94. The van der Waals surface area contributed by atoms with E-state index in [0.29, 0.717) is 12.6 Å². The first-order chi connectivity index (χ1) is 10.3. The quantitative estimate of drug-likeness (QED) is 0.470. The molecule has 0 aliphatic carbocycles. The van der Waals surface area contributed by atoms with E-state index >= 15 is 0 Å². The van der Waals surface area contributed by atoms with Gasteiger partial charge in [0, 0.05) is 45.5 Å². The van der Waals surface area contributed by atoms with Gasteiger partial charge < -0.3 is 20.3 Å². The Kier molecular flexibility index (Phi) is 5.87. The number of nitrogens with one attached hydrogen (secondary N) is 2. The van der Waals surface area contributed by atoms with Crippen molar-refractivity contribution in [1.82, 2.24) is 10.6 Å². The van der Waals surface area contributed by atoms with Crippen molar-refractivity contribution in [3.8, 4) is 0 Å². The molecule has 2 N–H and O–H groups in total. The molecule has 0 saturated carbocycles. The molecule has 5 heteroatoms. The molecule has 116 valence electrons. The minimum atomic E-state index is 0.426. The lowest BCUT2D eigenvalue weighted by Gasteiger charge is -2.28. The second-order valence-electron chi connectivity index (χ2n) is 5.29. The number of hydrogen-bond donors (Lipinski definition) is 2. The third kappa shape index (κ3) is 4.11. The van der Waals surface area contributed by atoms with E-state index < -0.39 is 0 Å². The zero-order valence-electron chi connectivity index (χ0n) is 13.2. The maximum Gasteiger partial charge on any atom is 0.191 e. The van der Waals surface area contributed by atoms with Crippen molar-refractivity contribution in [3.05, 3.63) is 29.8 Å². The van der Waals surface area contributed by atoms with E-state index in [1.54, 1.807) is 14.2 Å². The fraction of sp³-hybridized carbons (Fsp3) is 0.562. The predicted octanol–water partition coefficient (Wildman–Crippen LogP) is 1.25. The number of nitrogens with zero attached hydrogens (tertiary/aromatic N) is 2. The molecule has 1 aliphatic heterocycles. The van der Waals surface area contributed by atoms with Gasteiger partial charge in [0.2, 0.25) is 0 Å². The zero-order chi connectivity index (χ0) is 15.1. The molecule has 2 rings (SSSR count). The molecule has 0 spiro atoms. The smallest absolute Gasteiger partial charge is 0.191 e. The van der Waals surface area contributed by atoms with Crippen LogP contribution in [0.1, 0.15) is 12.5 Å². The van der Waals surface area contributed by atoms with Gasteiger partial charge in [0.15, 0.2) is 5.96 Å². The standard InChI is InChI=1S/C16H26N4O/c1-13(12-19-16(17-2)18-9-11-21-3)20-10-8-14-6-4-5-7-15(14)20/h4-7,13H,8-12H2,1-3H3,(H2,17,18,19). The molecule has 1 unspecified atom stereocenters. The molecule has 1 atom stereocenters. The van der Waals surface area contributed by atoms with Crippen LogP contribution in [-0.4, -0.2) is 52.4 Å². The Morgan fingerprint density at radius 1 is 1.38 bits per heavy atom. The van der Waals surface area contributed by atoms with E-state index in [9.17, 15) is 0 Å². The fourth-order valence-corrected chi connectivity index (χ4v) is 2.67. The van der Waals surface area contributed by atoms with Crippen LogP contribution in [0.5, 0.6) is 0 Å². The molecule has 0 fully saturated rings. The van der Waals surface area contributed by atoms with Crippen LogP contribution < -0.4 is 15.5 Å². The first-order valence-electron chi connectivity index (χ1n) is 7.54. The van der Waals surface area contributed by atoms with Crippen LogP contribution in [0, 0.1) is 0 Å². The summed E-state index contributed by atoms with van der Waals surface area (Å²) in [7, 11) is 3.49. The number of aliphatic imine (C=N–C) groups is 1. The van der Waals surface area contributed by atoms with E-state index in [1.807, 2.05) is 0 Å². The topological polar surface area (TPSA) is 48.9 Å². The molecule has 0 aromatic heterocycles. The Bertz CT molecular complexity index is 475. The van der Waals surface area contributed by atoms with Gasteiger partial charge in [-0.3, -0.25) is 4.99 Å². The Hall–Kier alpha value is -1.75. The highest BCUT2D eigenvalue weighted by Crippen LogP contribution is 2.28. The lowest BCUT2D eigenvalue weighted by atomic mass is 10.2. The number of para-hydroxylation sites is 1. The van der Waals surface area contributed by atoms with Crippen molar-refractivity contribution < 1.29 is 4.74 Å². The van der Waals surface area contributed by atoms with E-state index in [2.05, 4.69) is 51.7 Å². The van der Waals surface area contributed by atoms with Gasteiger partial charge in [-0.1, -0.05) is 18.2 Å². The number of fused-ring (bicyclic) bond motifs is 1. The average molecular weight is 290 g/mol. The second kappa shape index (κ2) is 7.88. The Balaban J connectivity index is 1.83. The Labute approximate surface area is 127 Å². The lowest BCUT2D eigenvalue weighted by Crippen LogP contribution is -2.46. The van der Waals surface area contributed by atoms with Crippen LogP contribution >= 0.6 is 0 Å². The number of hydrogen-bond acceptors (Lipinski definition) is 3. The maximum atomic E-state index is 5.03. The molecule has 0 radical (unpaired) electrons. The largest absolute Gasteiger partial charge is 0.383 e. The normalized spacial score (nSPS) is 15.8. The van der Waals surface area contributed by atoms with Crippen molar-refractivity contribution >= 4 is 11.6 Å². The van der Waals surface area contributed by atoms with Crippen molar-refractivity contribution in [1.29, 1.82) is 0 Å². The number of benzene rings is 1. The molecule has 1 aliphatic rings. The van der Waals surface area contributed by atoms with E-state index in [0.717, 1.165) is 32.0 Å². The van der Waals surface area contributed by atoms with Crippen LogP contribution in [0.3, 0.4) is 0 Å². The maximum absolute atomic E-state index is 5.03. The fourth-order valence-electron chi connectivity index (χ4n) is 2.67. The van der Waals surface area contributed by atoms with Gasteiger partial charge in [-0.2, -0.15) is 0 Å². The Morgan fingerprint density at radius 2 is 2.19 bits per heavy atom. The predicted molar refractivity (Wildman–Crippen MR) is 88.2 cm³/mol. The molecule has 1 heterocycles. The number of ether oxygens (including phenoxy) is 1. The number of methoxy groups -OCH3 is 1. The summed E-state index contributed by atoms with van der Waals surface area (Å²) in [4.78, 5) is 6.69. The van der Waals surface area contributed by atoms with Crippen molar-refractivity contribution in [2.24, 2.45) is 4.99 Å². The molecule has 0 amide bonds. The number of rotatable bonds is 6. The van der Waals surface area contributed by atoms with E-state index in [4.69, 9.17) is 4.74 Å². The van der Waals surface area contributed by atoms with Gasteiger partial charge in [0.25, 0.3) is 0 Å². The second-order valence-corrected chi connectivity index (χ2v) is 5.29. The summed E-state index contributed by atoms with van der Waals surface area (Å²) in [5, 5.41) is 6.61. The summed E-state index contributed by atoms with van der Waals surface area (Å²) in [6.07, 6.45) is 1.14. The summed E-state index contributed by atoms with van der Waals surface area (Å²) in [6, 6.07) is 9.09. The van der Waals surface area contributed by atoms with Crippen LogP contribution in [0.15, 0.2) is 29.3 Å². The third-order valence-corrected chi connectivity index (χ3v) is 3.84. The summed E-state index contributed by atoms with van der Waals surface area (Å²) < 4.78 is 5.03. The summed E-state index contributed by atoms with van der Waals surface area (Å²) in [5.74, 6) is 0.825. The lowest BCUT2D eigenvalue weighted by molar-refractivity contribution is 0.203.